The van der Waals surface area contributed by atoms with Crippen molar-refractivity contribution in [1.29, 1.82) is 0 Å². The third-order valence-corrected chi connectivity index (χ3v) is 3.95. The minimum Gasteiger partial charge on any atom is -0.256 e. The highest BCUT2D eigenvalue weighted by Crippen LogP contribution is 2.29. The first kappa shape index (κ1) is 15.7. The van der Waals surface area contributed by atoms with Gasteiger partial charge in [-0.05, 0) is 56.8 Å². The molecule has 0 N–H and O–H groups in total. The molecule has 0 bridgehead atoms. The molecule has 0 saturated heterocycles. The van der Waals surface area contributed by atoms with E-state index in [1.807, 2.05) is 18.3 Å². The van der Waals surface area contributed by atoms with E-state index in [4.69, 9.17) is 0 Å². The zero-order valence-electron chi connectivity index (χ0n) is 14.2. The Balaban J connectivity index is 2.12. The molecular formula is C21H22FN. The lowest BCUT2D eigenvalue weighted by molar-refractivity contribution is 0.217. The van der Waals surface area contributed by atoms with E-state index in [9.17, 15) is 4.39 Å². The summed E-state index contributed by atoms with van der Waals surface area (Å²) in [5, 5.41) is 2.22. The van der Waals surface area contributed by atoms with Crippen LogP contribution in [0.25, 0.3) is 22.0 Å². The van der Waals surface area contributed by atoms with Gasteiger partial charge in [0.2, 0.25) is 0 Å². The SMILES string of the molecule is Cc1cc(C)cc(-c2nccc3cc(CC(C)(C)F)ccc23)c1. The number of benzene rings is 2. The van der Waals surface area contributed by atoms with Gasteiger partial charge in [-0.25, -0.2) is 4.39 Å². The highest BCUT2D eigenvalue weighted by atomic mass is 19.1. The number of alkyl halides is 1. The van der Waals surface area contributed by atoms with Crippen LogP contribution in [-0.2, 0) is 6.42 Å². The van der Waals surface area contributed by atoms with E-state index < -0.39 is 5.67 Å². The number of aromatic nitrogens is 1. The van der Waals surface area contributed by atoms with Gasteiger partial charge in [-0.3, -0.25) is 4.98 Å². The fourth-order valence-corrected chi connectivity index (χ4v) is 3.16. The number of halogens is 1. The number of rotatable bonds is 3. The predicted molar refractivity (Wildman–Crippen MR) is 95.5 cm³/mol. The highest BCUT2D eigenvalue weighted by molar-refractivity contribution is 5.95. The zero-order valence-corrected chi connectivity index (χ0v) is 14.2. The van der Waals surface area contributed by atoms with Gasteiger partial charge in [0.15, 0.2) is 0 Å². The van der Waals surface area contributed by atoms with Crippen molar-refractivity contribution in [2.45, 2.75) is 39.8 Å². The maximum absolute atomic E-state index is 13.9. The minimum absolute atomic E-state index is 0.421. The molecule has 0 spiro atoms. The van der Waals surface area contributed by atoms with Crippen molar-refractivity contribution in [1.82, 2.24) is 4.98 Å². The molecule has 0 unspecified atom stereocenters. The van der Waals surface area contributed by atoms with Crippen LogP contribution in [0.4, 0.5) is 4.39 Å². The average Bonchev–Trinajstić information content (AvgIpc) is 2.43. The summed E-state index contributed by atoms with van der Waals surface area (Å²) < 4.78 is 13.9. The van der Waals surface area contributed by atoms with Gasteiger partial charge in [0, 0.05) is 23.6 Å². The fourth-order valence-electron chi connectivity index (χ4n) is 3.16. The molecule has 0 saturated carbocycles. The van der Waals surface area contributed by atoms with E-state index in [0.717, 1.165) is 27.6 Å². The largest absolute Gasteiger partial charge is 0.256 e. The Labute approximate surface area is 137 Å². The Morgan fingerprint density at radius 1 is 0.957 bits per heavy atom. The third kappa shape index (κ3) is 3.58. The van der Waals surface area contributed by atoms with E-state index in [-0.39, 0.29) is 0 Å². The van der Waals surface area contributed by atoms with Crippen LogP contribution in [-0.4, -0.2) is 10.7 Å². The maximum atomic E-state index is 13.9. The Hall–Kier alpha value is -2.22. The standard InChI is InChI=1S/C21H22FN/c1-14-9-15(2)11-18(10-14)20-19-6-5-16(13-21(3,4)22)12-17(19)7-8-23-20/h5-12H,13H2,1-4H3. The van der Waals surface area contributed by atoms with Crippen LogP contribution in [0.5, 0.6) is 0 Å². The average molecular weight is 307 g/mol. The van der Waals surface area contributed by atoms with Gasteiger partial charge in [0.1, 0.15) is 5.67 Å². The lowest BCUT2D eigenvalue weighted by atomic mass is 9.95. The van der Waals surface area contributed by atoms with Crippen molar-refractivity contribution in [3.05, 3.63) is 65.4 Å². The van der Waals surface area contributed by atoms with Gasteiger partial charge < -0.3 is 0 Å². The Bertz CT molecular complexity index is 839. The van der Waals surface area contributed by atoms with Gasteiger partial charge in [-0.2, -0.15) is 0 Å². The van der Waals surface area contributed by atoms with Crippen LogP contribution >= 0.6 is 0 Å². The van der Waals surface area contributed by atoms with Crippen LogP contribution < -0.4 is 0 Å². The smallest absolute Gasteiger partial charge is 0.109 e. The second kappa shape index (κ2) is 5.77. The summed E-state index contributed by atoms with van der Waals surface area (Å²) in [6, 6.07) is 14.6. The van der Waals surface area contributed by atoms with Crippen molar-refractivity contribution in [3.8, 4) is 11.3 Å². The van der Waals surface area contributed by atoms with Crippen LogP contribution in [0, 0.1) is 13.8 Å². The molecule has 2 aromatic carbocycles. The molecule has 3 rings (SSSR count). The van der Waals surface area contributed by atoms with Crippen molar-refractivity contribution in [2.24, 2.45) is 0 Å². The first-order valence-electron chi connectivity index (χ1n) is 7.97. The molecule has 0 amide bonds. The quantitative estimate of drug-likeness (QED) is 0.595. The lowest BCUT2D eigenvalue weighted by Crippen LogP contribution is -2.15. The number of fused-ring (bicyclic) bond motifs is 1. The van der Waals surface area contributed by atoms with Gasteiger partial charge in [0.05, 0.1) is 5.69 Å². The van der Waals surface area contributed by atoms with Gasteiger partial charge >= 0.3 is 0 Å². The molecular weight excluding hydrogens is 285 g/mol. The first-order valence-corrected chi connectivity index (χ1v) is 7.97. The first-order chi connectivity index (χ1) is 10.8. The molecule has 3 aromatic rings. The predicted octanol–water partition coefficient (Wildman–Crippen LogP) is 5.81. The zero-order chi connectivity index (χ0) is 16.6. The van der Waals surface area contributed by atoms with E-state index in [1.165, 1.54) is 11.1 Å². The normalized spacial score (nSPS) is 11.9. The second-order valence-electron chi connectivity index (χ2n) is 6.99. The lowest BCUT2D eigenvalue weighted by Gasteiger charge is -2.15. The van der Waals surface area contributed by atoms with Gasteiger partial charge in [-0.15, -0.1) is 0 Å². The molecule has 0 aliphatic carbocycles. The molecule has 0 atom stereocenters. The molecule has 0 aliphatic rings. The number of pyridine rings is 1. The minimum atomic E-state index is -1.20. The Morgan fingerprint density at radius 3 is 2.30 bits per heavy atom. The molecule has 0 radical (unpaired) electrons. The third-order valence-electron chi connectivity index (χ3n) is 3.95. The molecule has 0 aliphatic heterocycles. The highest BCUT2D eigenvalue weighted by Gasteiger charge is 2.16. The number of aryl methyl sites for hydroxylation is 2. The summed E-state index contributed by atoms with van der Waals surface area (Å²) in [7, 11) is 0. The second-order valence-corrected chi connectivity index (χ2v) is 6.99. The summed E-state index contributed by atoms with van der Waals surface area (Å²) in [5.41, 5.74) is 4.40. The van der Waals surface area contributed by atoms with Crippen LogP contribution in [0.2, 0.25) is 0 Å². The van der Waals surface area contributed by atoms with E-state index >= 15 is 0 Å². The fraction of sp³-hybridized carbons (Fsp3) is 0.286. The number of hydrogen-bond donors (Lipinski definition) is 0. The molecule has 1 heterocycles. The Morgan fingerprint density at radius 2 is 1.65 bits per heavy atom. The summed E-state index contributed by atoms with van der Waals surface area (Å²) in [6.45, 7) is 7.43. The summed E-state index contributed by atoms with van der Waals surface area (Å²) in [5.74, 6) is 0. The van der Waals surface area contributed by atoms with E-state index in [0.29, 0.717) is 6.42 Å². The van der Waals surface area contributed by atoms with Crippen molar-refractivity contribution in [2.75, 3.05) is 0 Å². The number of hydrogen-bond acceptors (Lipinski definition) is 1. The molecule has 1 nitrogen and oxygen atoms in total. The molecule has 0 fully saturated rings. The van der Waals surface area contributed by atoms with Crippen molar-refractivity contribution in [3.63, 3.8) is 0 Å². The van der Waals surface area contributed by atoms with Gasteiger partial charge in [0.25, 0.3) is 0 Å². The maximum Gasteiger partial charge on any atom is 0.109 e. The Kier molecular flexibility index (Phi) is 3.93. The number of nitrogens with zero attached hydrogens (tertiary/aromatic N) is 1. The summed E-state index contributed by atoms with van der Waals surface area (Å²) in [4.78, 5) is 4.59. The molecule has 2 heteroatoms. The molecule has 118 valence electrons. The van der Waals surface area contributed by atoms with Crippen LogP contribution in [0.3, 0.4) is 0 Å². The van der Waals surface area contributed by atoms with Gasteiger partial charge in [-0.1, -0.05) is 35.4 Å². The van der Waals surface area contributed by atoms with Crippen LogP contribution in [0.15, 0.2) is 48.7 Å². The topological polar surface area (TPSA) is 12.9 Å². The molecule has 1 aromatic heterocycles. The van der Waals surface area contributed by atoms with Crippen LogP contribution in [0.1, 0.15) is 30.5 Å². The van der Waals surface area contributed by atoms with Crippen molar-refractivity contribution < 1.29 is 4.39 Å². The summed E-state index contributed by atoms with van der Waals surface area (Å²) >= 11 is 0. The van der Waals surface area contributed by atoms with E-state index in [2.05, 4.69) is 49.2 Å². The summed E-state index contributed by atoms with van der Waals surface area (Å²) in [6.07, 6.45) is 2.25. The monoisotopic (exact) mass is 307 g/mol. The van der Waals surface area contributed by atoms with Crippen molar-refractivity contribution >= 4 is 10.8 Å². The van der Waals surface area contributed by atoms with E-state index in [1.54, 1.807) is 13.8 Å². The molecule has 23 heavy (non-hydrogen) atoms.